The summed E-state index contributed by atoms with van der Waals surface area (Å²) in [6, 6.07) is 8.94. The second-order valence-electron chi connectivity index (χ2n) is 6.27. The zero-order valence-corrected chi connectivity index (χ0v) is 13.7. The maximum absolute atomic E-state index is 13.1. The summed E-state index contributed by atoms with van der Waals surface area (Å²) >= 11 is 0. The zero-order valence-electron chi connectivity index (χ0n) is 13.7. The van der Waals surface area contributed by atoms with Crippen LogP contribution in [0.2, 0.25) is 0 Å². The van der Waals surface area contributed by atoms with Crippen molar-refractivity contribution in [2.45, 2.75) is 31.7 Å². The molecule has 0 radical (unpaired) electrons. The first-order valence-electron chi connectivity index (χ1n) is 8.51. The van der Waals surface area contributed by atoms with Gasteiger partial charge in [-0.2, -0.15) is 0 Å². The van der Waals surface area contributed by atoms with Crippen LogP contribution in [0.15, 0.2) is 47.3 Å². The van der Waals surface area contributed by atoms with Crippen LogP contribution in [0.25, 0.3) is 0 Å². The number of likely N-dealkylation sites (tertiary alicyclic amines) is 1. The van der Waals surface area contributed by atoms with Crippen molar-refractivity contribution >= 4 is 5.91 Å². The molecule has 1 N–H and O–H groups in total. The number of carbonyl (C=O) groups excluding carboxylic acids is 1. The molecule has 0 atom stereocenters. The van der Waals surface area contributed by atoms with Gasteiger partial charge in [0.25, 0.3) is 5.91 Å². The monoisotopic (exact) mass is 330 g/mol. The van der Waals surface area contributed by atoms with E-state index in [1.807, 2.05) is 11.0 Å². The summed E-state index contributed by atoms with van der Waals surface area (Å²) in [7, 11) is 0. The quantitative estimate of drug-likeness (QED) is 0.827. The highest BCUT2D eigenvalue weighted by Gasteiger charge is 2.23. The highest BCUT2D eigenvalue weighted by molar-refractivity contribution is 5.93. The third-order valence-electron chi connectivity index (χ3n) is 4.51. The van der Waals surface area contributed by atoms with Crippen LogP contribution in [0.5, 0.6) is 0 Å². The number of hydrogen-bond donors (Lipinski definition) is 1. The van der Waals surface area contributed by atoms with Crippen LogP contribution in [-0.4, -0.2) is 36.5 Å². The van der Waals surface area contributed by atoms with Gasteiger partial charge in [-0.15, -0.1) is 0 Å². The molecule has 1 aliphatic rings. The van der Waals surface area contributed by atoms with Gasteiger partial charge in [0.2, 0.25) is 0 Å². The van der Waals surface area contributed by atoms with Gasteiger partial charge in [0, 0.05) is 19.1 Å². The van der Waals surface area contributed by atoms with Crippen molar-refractivity contribution in [2.75, 3.05) is 19.6 Å². The molecule has 0 unspecified atom stereocenters. The molecule has 2 heterocycles. The third kappa shape index (κ3) is 4.45. The summed E-state index contributed by atoms with van der Waals surface area (Å²) in [6.07, 6.45) is 6.81. The van der Waals surface area contributed by atoms with E-state index >= 15 is 0 Å². The SMILES string of the molecule is O=C(c1ccoc1)N1CCC(NCCCc2cccc(F)c2)CC1. The van der Waals surface area contributed by atoms with Crippen molar-refractivity contribution in [3.8, 4) is 0 Å². The van der Waals surface area contributed by atoms with Crippen molar-refractivity contribution in [3.05, 3.63) is 59.8 Å². The third-order valence-corrected chi connectivity index (χ3v) is 4.51. The minimum atomic E-state index is -0.171. The van der Waals surface area contributed by atoms with E-state index in [0.29, 0.717) is 11.6 Å². The fraction of sp³-hybridized carbons (Fsp3) is 0.421. The molecule has 24 heavy (non-hydrogen) atoms. The van der Waals surface area contributed by atoms with Crippen LogP contribution >= 0.6 is 0 Å². The van der Waals surface area contributed by atoms with Gasteiger partial charge in [-0.3, -0.25) is 4.79 Å². The van der Waals surface area contributed by atoms with E-state index in [0.717, 1.165) is 50.9 Å². The fourth-order valence-corrected chi connectivity index (χ4v) is 3.15. The average Bonchev–Trinajstić information content (AvgIpc) is 3.13. The fourth-order valence-electron chi connectivity index (χ4n) is 3.15. The number of rotatable bonds is 6. The summed E-state index contributed by atoms with van der Waals surface area (Å²) in [5.41, 5.74) is 1.66. The largest absolute Gasteiger partial charge is 0.472 e. The highest BCUT2D eigenvalue weighted by atomic mass is 19.1. The minimum Gasteiger partial charge on any atom is -0.472 e. The Hall–Kier alpha value is -2.14. The molecule has 1 aromatic heterocycles. The van der Waals surface area contributed by atoms with Gasteiger partial charge >= 0.3 is 0 Å². The first kappa shape index (κ1) is 16.7. The van der Waals surface area contributed by atoms with Crippen LogP contribution in [-0.2, 0) is 6.42 Å². The van der Waals surface area contributed by atoms with E-state index in [9.17, 15) is 9.18 Å². The Balaban J connectivity index is 1.34. The van der Waals surface area contributed by atoms with Gasteiger partial charge in [0.1, 0.15) is 12.1 Å². The van der Waals surface area contributed by atoms with E-state index in [2.05, 4.69) is 5.32 Å². The number of furan rings is 1. The summed E-state index contributed by atoms with van der Waals surface area (Å²) < 4.78 is 18.1. The molecular formula is C19H23FN2O2. The standard InChI is InChI=1S/C19H23FN2O2/c20-17-5-1-3-15(13-17)4-2-9-21-18-6-10-22(11-7-18)19(23)16-8-12-24-14-16/h1,3,5,8,12-14,18,21H,2,4,6-7,9-11H2. The van der Waals surface area contributed by atoms with Crippen LogP contribution < -0.4 is 5.32 Å². The number of halogens is 1. The van der Waals surface area contributed by atoms with Gasteiger partial charge in [0.05, 0.1) is 11.8 Å². The van der Waals surface area contributed by atoms with Gasteiger partial charge in [-0.1, -0.05) is 12.1 Å². The van der Waals surface area contributed by atoms with E-state index < -0.39 is 0 Å². The van der Waals surface area contributed by atoms with Crippen LogP contribution in [0.1, 0.15) is 35.2 Å². The van der Waals surface area contributed by atoms with Crippen LogP contribution in [0.3, 0.4) is 0 Å². The molecule has 1 amide bonds. The molecule has 0 saturated carbocycles. The Morgan fingerprint density at radius 1 is 1.29 bits per heavy atom. The minimum absolute atomic E-state index is 0.0494. The summed E-state index contributed by atoms with van der Waals surface area (Å²) in [4.78, 5) is 14.1. The second-order valence-corrected chi connectivity index (χ2v) is 6.27. The van der Waals surface area contributed by atoms with Crippen molar-refractivity contribution in [1.82, 2.24) is 10.2 Å². The van der Waals surface area contributed by atoms with Gasteiger partial charge in [0.15, 0.2) is 0 Å². The number of amides is 1. The lowest BCUT2D eigenvalue weighted by Gasteiger charge is -2.32. The lowest BCUT2D eigenvalue weighted by atomic mass is 10.0. The first-order valence-corrected chi connectivity index (χ1v) is 8.51. The number of carbonyl (C=O) groups is 1. The number of nitrogens with one attached hydrogen (secondary N) is 1. The topological polar surface area (TPSA) is 45.5 Å². The molecule has 4 nitrogen and oxygen atoms in total. The molecule has 1 aliphatic heterocycles. The number of benzene rings is 1. The average molecular weight is 330 g/mol. The molecule has 2 aromatic rings. The second kappa shape index (κ2) is 8.11. The highest BCUT2D eigenvalue weighted by Crippen LogP contribution is 2.14. The zero-order chi connectivity index (χ0) is 16.8. The summed E-state index contributed by atoms with van der Waals surface area (Å²) in [5.74, 6) is -0.122. The summed E-state index contributed by atoms with van der Waals surface area (Å²) in [6.45, 7) is 2.45. The van der Waals surface area contributed by atoms with Gasteiger partial charge in [-0.05, 0) is 56.0 Å². The maximum Gasteiger partial charge on any atom is 0.257 e. The van der Waals surface area contributed by atoms with Crippen LogP contribution in [0, 0.1) is 5.82 Å². The normalized spacial score (nSPS) is 15.6. The number of nitrogens with zero attached hydrogens (tertiary/aromatic N) is 1. The lowest BCUT2D eigenvalue weighted by Crippen LogP contribution is -2.45. The van der Waals surface area contributed by atoms with Crippen molar-refractivity contribution in [2.24, 2.45) is 0 Å². The molecule has 0 spiro atoms. The first-order chi connectivity index (χ1) is 11.7. The number of piperidine rings is 1. The van der Waals surface area contributed by atoms with Gasteiger partial charge < -0.3 is 14.6 Å². The van der Waals surface area contributed by atoms with Crippen molar-refractivity contribution < 1.29 is 13.6 Å². The van der Waals surface area contributed by atoms with E-state index in [1.165, 1.54) is 18.6 Å². The lowest BCUT2D eigenvalue weighted by molar-refractivity contribution is 0.0704. The Kier molecular flexibility index (Phi) is 5.64. The molecule has 3 rings (SSSR count). The maximum atomic E-state index is 13.1. The molecule has 128 valence electrons. The molecule has 0 bridgehead atoms. The Morgan fingerprint density at radius 3 is 2.83 bits per heavy atom. The van der Waals surface area contributed by atoms with Crippen LogP contribution in [0.4, 0.5) is 4.39 Å². The van der Waals surface area contributed by atoms with E-state index in [4.69, 9.17) is 4.42 Å². The van der Waals surface area contributed by atoms with Crippen molar-refractivity contribution in [3.63, 3.8) is 0 Å². The molecule has 0 aliphatic carbocycles. The molecule has 1 saturated heterocycles. The predicted molar refractivity (Wildman–Crippen MR) is 90.4 cm³/mol. The number of hydrogen-bond acceptors (Lipinski definition) is 3. The smallest absolute Gasteiger partial charge is 0.257 e. The molecular weight excluding hydrogens is 307 g/mol. The summed E-state index contributed by atoms with van der Waals surface area (Å²) in [5, 5.41) is 3.55. The molecule has 1 fully saturated rings. The number of aryl methyl sites for hydroxylation is 1. The van der Waals surface area contributed by atoms with E-state index in [-0.39, 0.29) is 11.7 Å². The Bertz CT molecular complexity index is 649. The van der Waals surface area contributed by atoms with E-state index in [1.54, 1.807) is 18.2 Å². The molecule has 5 heteroatoms. The Labute approximate surface area is 141 Å². The van der Waals surface area contributed by atoms with Crippen molar-refractivity contribution in [1.29, 1.82) is 0 Å². The van der Waals surface area contributed by atoms with Gasteiger partial charge in [-0.25, -0.2) is 4.39 Å². The Morgan fingerprint density at radius 2 is 2.12 bits per heavy atom. The molecule has 1 aromatic carbocycles. The predicted octanol–water partition coefficient (Wildman–Crippen LogP) is 3.25.